The molecule has 3 nitrogen and oxygen atoms in total. The summed E-state index contributed by atoms with van der Waals surface area (Å²) in [4.78, 5) is -0.0966. The highest BCUT2D eigenvalue weighted by Gasteiger charge is 2.07. The molecule has 6 heteroatoms. The molecule has 0 aromatic heterocycles. The van der Waals surface area contributed by atoms with Gasteiger partial charge >= 0.3 is 0 Å². The molecular formula is C6H8AlBrO3S. The fourth-order valence-electron chi connectivity index (χ4n) is 0.607. The van der Waals surface area contributed by atoms with Gasteiger partial charge < -0.3 is 0 Å². The van der Waals surface area contributed by atoms with Crippen LogP contribution in [-0.2, 0) is 10.1 Å². The lowest BCUT2D eigenvalue weighted by Crippen LogP contribution is -1.96. The van der Waals surface area contributed by atoms with Crippen LogP contribution in [0.3, 0.4) is 0 Å². The third kappa shape index (κ3) is 3.25. The average Bonchev–Trinajstić information content (AvgIpc) is 1.86. The van der Waals surface area contributed by atoms with Crippen LogP contribution in [0.5, 0.6) is 0 Å². The number of rotatable bonds is 1. The predicted molar refractivity (Wildman–Crippen MR) is 53.9 cm³/mol. The second-order valence-corrected chi connectivity index (χ2v) is 4.27. The van der Waals surface area contributed by atoms with E-state index in [-0.39, 0.29) is 22.3 Å². The molecule has 0 aliphatic rings. The molecule has 0 fully saturated rings. The van der Waals surface area contributed by atoms with E-state index in [0.717, 1.165) is 4.47 Å². The Labute approximate surface area is 89.8 Å². The molecule has 12 heavy (non-hydrogen) atoms. The summed E-state index contributed by atoms with van der Waals surface area (Å²) >= 11 is 3.14. The fraction of sp³-hybridized carbons (Fsp3) is 0. The Hall–Kier alpha value is 0.142. The second-order valence-electron chi connectivity index (χ2n) is 1.93. The van der Waals surface area contributed by atoms with Gasteiger partial charge in [0, 0.05) is 4.47 Å². The van der Waals surface area contributed by atoms with Crippen LogP contribution in [0.1, 0.15) is 0 Å². The Balaban J connectivity index is 0.00000121. The van der Waals surface area contributed by atoms with Crippen molar-refractivity contribution in [2.45, 2.75) is 4.90 Å². The molecule has 1 aromatic carbocycles. The summed E-state index contributed by atoms with van der Waals surface area (Å²) in [7, 11) is -4.04. The summed E-state index contributed by atoms with van der Waals surface area (Å²) in [6, 6.07) is 5.73. The van der Waals surface area contributed by atoms with Crippen LogP contribution in [0.4, 0.5) is 0 Å². The topological polar surface area (TPSA) is 54.4 Å². The summed E-state index contributed by atoms with van der Waals surface area (Å²) < 4.78 is 30.3. The molecule has 0 radical (unpaired) electrons. The summed E-state index contributed by atoms with van der Waals surface area (Å²) in [6.45, 7) is 0. The molecule has 66 valence electrons. The van der Waals surface area contributed by atoms with Gasteiger partial charge in [-0.15, -0.1) is 0 Å². The van der Waals surface area contributed by atoms with Crippen molar-refractivity contribution in [2.24, 2.45) is 0 Å². The van der Waals surface area contributed by atoms with Gasteiger partial charge in [-0.25, -0.2) is 0 Å². The zero-order valence-electron chi connectivity index (χ0n) is 5.36. The molecule has 0 spiro atoms. The number of halogens is 1. The van der Waals surface area contributed by atoms with Crippen LogP contribution < -0.4 is 0 Å². The Kier molecular flexibility index (Phi) is 4.45. The van der Waals surface area contributed by atoms with E-state index in [1.807, 2.05) is 0 Å². The first kappa shape index (κ1) is 12.1. The first-order valence-corrected chi connectivity index (χ1v) is 4.96. The third-order valence-corrected chi connectivity index (χ3v) is 2.51. The molecule has 0 amide bonds. The lowest BCUT2D eigenvalue weighted by molar-refractivity contribution is 0.483. The largest absolute Gasteiger partial charge is 0.294 e. The van der Waals surface area contributed by atoms with E-state index >= 15 is 0 Å². The van der Waals surface area contributed by atoms with Gasteiger partial charge in [0.2, 0.25) is 0 Å². The van der Waals surface area contributed by atoms with Crippen LogP contribution in [0, 0.1) is 0 Å². The minimum absolute atomic E-state index is 0. The Morgan fingerprint density at radius 3 is 1.92 bits per heavy atom. The van der Waals surface area contributed by atoms with Gasteiger partial charge in [0.15, 0.2) is 17.4 Å². The van der Waals surface area contributed by atoms with E-state index in [9.17, 15) is 8.42 Å². The van der Waals surface area contributed by atoms with Gasteiger partial charge in [-0.3, -0.25) is 4.55 Å². The van der Waals surface area contributed by atoms with Crippen molar-refractivity contribution in [3.05, 3.63) is 28.7 Å². The fourth-order valence-corrected chi connectivity index (χ4v) is 1.35. The highest BCUT2D eigenvalue weighted by molar-refractivity contribution is 9.10. The summed E-state index contributed by atoms with van der Waals surface area (Å²) in [5, 5.41) is 0. The van der Waals surface area contributed by atoms with Crippen molar-refractivity contribution in [3.63, 3.8) is 0 Å². The Morgan fingerprint density at radius 1 is 1.17 bits per heavy atom. The second kappa shape index (κ2) is 4.40. The maximum atomic E-state index is 10.5. The van der Waals surface area contributed by atoms with Crippen LogP contribution in [0.25, 0.3) is 0 Å². The van der Waals surface area contributed by atoms with Gasteiger partial charge in [0.1, 0.15) is 0 Å². The SMILES string of the molecule is O=S(=O)(O)c1ccc(Br)cc1.[AlH3]. The lowest BCUT2D eigenvalue weighted by atomic mass is 10.4. The maximum absolute atomic E-state index is 10.5. The molecule has 0 saturated carbocycles. The van der Waals surface area contributed by atoms with Crippen molar-refractivity contribution < 1.29 is 13.0 Å². The van der Waals surface area contributed by atoms with E-state index in [4.69, 9.17) is 4.55 Å². The zero-order valence-corrected chi connectivity index (χ0v) is 7.76. The summed E-state index contributed by atoms with van der Waals surface area (Å²) in [5.41, 5.74) is 0. The summed E-state index contributed by atoms with van der Waals surface area (Å²) in [5.74, 6) is 0. The normalized spacial score (nSPS) is 10.5. The number of benzene rings is 1. The number of hydrogen-bond donors (Lipinski definition) is 1. The number of hydrogen-bond acceptors (Lipinski definition) is 2. The van der Waals surface area contributed by atoms with Gasteiger partial charge in [-0.05, 0) is 24.3 Å². The Morgan fingerprint density at radius 2 is 1.58 bits per heavy atom. The van der Waals surface area contributed by atoms with Crippen LogP contribution >= 0.6 is 15.9 Å². The minimum Gasteiger partial charge on any atom is -0.282 e. The van der Waals surface area contributed by atoms with E-state index in [0.29, 0.717) is 0 Å². The molecule has 0 unspecified atom stereocenters. The van der Waals surface area contributed by atoms with E-state index in [2.05, 4.69) is 15.9 Å². The molecule has 0 aliphatic heterocycles. The van der Waals surface area contributed by atoms with Crippen molar-refractivity contribution in [2.75, 3.05) is 0 Å². The average molecular weight is 267 g/mol. The van der Waals surface area contributed by atoms with Crippen molar-refractivity contribution >= 4 is 43.4 Å². The molecular weight excluding hydrogens is 259 g/mol. The van der Waals surface area contributed by atoms with Crippen LogP contribution in [0.15, 0.2) is 33.6 Å². The standard InChI is InChI=1S/C6H5BrO3S.Al.3H/c7-5-1-3-6(4-2-5)11(8,9)10;;;;/h1-4H,(H,8,9,10);;;;. The highest BCUT2D eigenvalue weighted by Crippen LogP contribution is 2.13. The minimum atomic E-state index is -4.04. The zero-order chi connectivity index (χ0) is 8.48. The first-order valence-electron chi connectivity index (χ1n) is 2.73. The lowest BCUT2D eigenvalue weighted by Gasteiger charge is -1.94. The predicted octanol–water partition coefficient (Wildman–Crippen LogP) is 0.512. The van der Waals surface area contributed by atoms with Crippen molar-refractivity contribution in [1.82, 2.24) is 0 Å². The molecule has 0 heterocycles. The van der Waals surface area contributed by atoms with Crippen molar-refractivity contribution in [1.29, 1.82) is 0 Å². The molecule has 1 rings (SSSR count). The van der Waals surface area contributed by atoms with Crippen molar-refractivity contribution in [3.8, 4) is 0 Å². The smallest absolute Gasteiger partial charge is 0.282 e. The van der Waals surface area contributed by atoms with Gasteiger partial charge in [0.05, 0.1) is 4.90 Å². The van der Waals surface area contributed by atoms with E-state index in [1.54, 1.807) is 12.1 Å². The molecule has 0 saturated heterocycles. The molecule has 0 aliphatic carbocycles. The quantitative estimate of drug-likeness (QED) is 0.596. The maximum Gasteiger partial charge on any atom is 0.294 e. The van der Waals surface area contributed by atoms with E-state index < -0.39 is 10.1 Å². The van der Waals surface area contributed by atoms with Gasteiger partial charge in [-0.1, -0.05) is 15.9 Å². The third-order valence-electron chi connectivity index (χ3n) is 1.11. The molecule has 1 N–H and O–H groups in total. The van der Waals surface area contributed by atoms with E-state index in [1.165, 1.54) is 12.1 Å². The monoisotopic (exact) mass is 266 g/mol. The van der Waals surface area contributed by atoms with Crippen LogP contribution in [0.2, 0.25) is 0 Å². The molecule has 1 aromatic rings. The van der Waals surface area contributed by atoms with Gasteiger partial charge in [0.25, 0.3) is 10.1 Å². The van der Waals surface area contributed by atoms with Gasteiger partial charge in [-0.2, -0.15) is 8.42 Å². The Bertz CT molecular complexity index is 346. The first-order chi connectivity index (χ1) is 5.00. The molecule has 0 atom stereocenters. The summed E-state index contributed by atoms with van der Waals surface area (Å²) in [6.07, 6.45) is 0. The van der Waals surface area contributed by atoms with Crippen LogP contribution in [-0.4, -0.2) is 30.3 Å². The molecule has 0 bridgehead atoms. The highest BCUT2D eigenvalue weighted by atomic mass is 79.9.